The van der Waals surface area contributed by atoms with Gasteiger partial charge in [0.15, 0.2) is 0 Å². The molecule has 0 atom stereocenters. The molecule has 2 aromatic rings. The number of methoxy groups -OCH3 is 1. The van der Waals surface area contributed by atoms with Crippen LogP contribution in [0.15, 0.2) is 30.3 Å². The Kier molecular flexibility index (Phi) is 6.73. The number of hydrogen-bond donors (Lipinski definition) is 0. The lowest BCUT2D eigenvalue weighted by Crippen LogP contribution is -2.38. The second-order valence-corrected chi connectivity index (χ2v) is 7.93. The average Bonchev–Trinajstić information content (AvgIpc) is 3.06. The second-order valence-electron chi connectivity index (χ2n) is 7.93. The number of carbonyl (C=O) groups excluding carboxylic acids is 1. The summed E-state index contributed by atoms with van der Waals surface area (Å²) in [5.74, 6) is 1.55. The summed E-state index contributed by atoms with van der Waals surface area (Å²) in [6.07, 6.45) is 3.32. The first-order valence-corrected chi connectivity index (χ1v) is 10.0. The highest BCUT2D eigenvalue weighted by Gasteiger charge is 2.25. The molecule has 1 saturated heterocycles. The van der Waals surface area contributed by atoms with Crippen LogP contribution in [0.3, 0.4) is 0 Å². The molecule has 1 aliphatic rings. The van der Waals surface area contributed by atoms with Gasteiger partial charge in [-0.05, 0) is 57.1 Å². The van der Waals surface area contributed by atoms with Crippen LogP contribution in [0.2, 0.25) is 0 Å². The fourth-order valence-corrected chi connectivity index (χ4v) is 3.83. The van der Waals surface area contributed by atoms with E-state index in [1.165, 1.54) is 17.0 Å². The first-order valence-electron chi connectivity index (χ1n) is 10.0. The predicted octanol–water partition coefficient (Wildman–Crippen LogP) is 2.83. The summed E-state index contributed by atoms with van der Waals surface area (Å²) in [6.45, 7) is 2.55. The van der Waals surface area contributed by atoms with Gasteiger partial charge in [0, 0.05) is 39.0 Å². The minimum absolute atomic E-state index is 0.253. The van der Waals surface area contributed by atoms with Gasteiger partial charge in [-0.3, -0.25) is 9.48 Å². The lowest BCUT2D eigenvalue weighted by atomic mass is 9.93. The van der Waals surface area contributed by atoms with E-state index in [-0.39, 0.29) is 5.91 Å². The third-order valence-electron chi connectivity index (χ3n) is 5.53. The van der Waals surface area contributed by atoms with Crippen LogP contribution < -0.4 is 4.74 Å². The van der Waals surface area contributed by atoms with Crippen LogP contribution in [0.1, 0.15) is 42.1 Å². The molecule has 0 bridgehead atoms. The topological polar surface area (TPSA) is 50.6 Å². The fourth-order valence-electron chi connectivity index (χ4n) is 3.83. The summed E-state index contributed by atoms with van der Waals surface area (Å²) in [5, 5.41) is 4.72. The van der Waals surface area contributed by atoms with Gasteiger partial charge < -0.3 is 14.5 Å². The highest BCUT2D eigenvalue weighted by molar-refractivity contribution is 5.76. The largest absolute Gasteiger partial charge is 0.497 e. The molecule has 0 radical (unpaired) electrons. The summed E-state index contributed by atoms with van der Waals surface area (Å²) >= 11 is 0. The van der Waals surface area contributed by atoms with Crippen molar-refractivity contribution in [2.75, 3.05) is 34.3 Å². The van der Waals surface area contributed by atoms with Gasteiger partial charge in [-0.25, -0.2) is 0 Å². The van der Waals surface area contributed by atoms with E-state index in [2.05, 4.69) is 25.1 Å². The number of rotatable bonds is 7. The molecule has 0 saturated carbocycles. The van der Waals surface area contributed by atoms with Crippen molar-refractivity contribution in [2.45, 2.75) is 38.1 Å². The molecule has 0 spiro atoms. The fraction of sp³-hybridized carbons (Fsp3) is 0.545. The van der Waals surface area contributed by atoms with Crippen molar-refractivity contribution < 1.29 is 9.53 Å². The number of aromatic nitrogens is 2. The maximum absolute atomic E-state index is 12.6. The molecule has 0 aliphatic carbocycles. The van der Waals surface area contributed by atoms with Crippen molar-refractivity contribution in [3.63, 3.8) is 0 Å². The first kappa shape index (κ1) is 20.4. The van der Waals surface area contributed by atoms with E-state index in [4.69, 9.17) is 9.84 Å². The van der Waals surface area contributed by atoms with Crippen LogP contribution in [-0.2, 0) is 24.8 Å². The molecule has 1 aliphatic heterocycles. The van der Waals surface area contributed by atoms with Crippen LogP contribution in [0.4, 0.5) is 0 Å². The number of amides is 1. The molecule has 1 amide bonds. The van der Waals surface area contributed by atoms with Crippen molar-refractivity contribution in [1.82, 2.24) is 19.6 Å². The molecule has 28 heavy (non-hydrogen) atoms. The third-order valence-corrected chi connectivity index (χ3v) is 5.53. The highest BCUT2D eigenvalue weighted by Crippen LogP contribution is 2.28. The monoisotopic (exact) mass is 384 g/mol. The number of piperidine rings is 1. The van der Waals surface area contributed by atoms with Crippen molar-refractivity contribution >= 4 is 5.91 Å². The summed E-state index contributed by atoms with van der Waals surface area (Å²) < 4.78 is 7.17. The number of aryl methyl sites for hydroxylation is 2. The number of hydrogen-bond acceptors (Lipinski definition) is 4. The minimum atomic E-state index is 0.253. The number of likely N-dealkylation sites (tertiary alicyclic amines) is 1. The molecule has 1 aromatic carbocycles. The van der Waals surface area contributed by atoms with E-state index in [1.807, 2.05) is 40.9 Å². The van der Waals surface area contributed by atoms with Gasteiger partial charge in [-0.1, -0.05) is 12.1 Å². The van der Waals surface area contributed by atoms with E-state index in [0.717, 1.165) is 44.6 Å². The Hall–Kier alpha value is -2.34. The van der Waals surface area contributed by atoms with Crippen LogP contribution >= 0.6 is 0 Å². The van der Waals surface area contributed by atoms with E-state index in [0.29, 0.717) is 12.3 Å². The quantitative estimate of drug-likeness (QED) is 0.737. The first-order chi connectivity index (χ1) is 13.5. The summed E-state index contributed by atoms with van der Waals surface area (Å²) in [7, 11) is 7.82. The van der Waals surface area contributed by atoms with Crippen LogP contribution in [0.5, 0.6) is 5.75 Å². The predicted molar refractivity (Wildman–Crippen MR) is 110 cm³/mol. The Morgan fingerprint density at radius 2 is 1.89 bits per heavy atom. The van der Waals surface area contributed by atoms with Crippen LogP contribution in [-0.4, -0.2) is 59.8 Å². The Morgan fingerprint density at radius 1 is 1.21 bits per heavy atom. The van der Waals surface area contributed by atoms with Gasteiger partial charge in [0.2, 0.25) is 5.91 Å². The molecular formula is C22H32N4O2. The molecule has 0 N–H and O–H groups in total. The molecular weight excluding hydrogens is 352 g/mol. The summed E-state index contributed by atoms with van der Waals surface area (Å²) in [6, 6.07) is 10.2. The molecule has 1 aromatic heterocycles. The lowest BCUT2D eigenvalue weighted by molar-refractivity contribution is -0.132. The molecule has 6 nitrogen and oxygen atoms in total. The van der Waals surface area contributed by atoms with E-state index in [9.17, 15) is 4.79 Å². The number of nitrogens with zero attached hydrogens (tertiary/aromatic N) is 4. The molecule has 2 heterocycles. The second kappa shape index (κ2) is 9.24. The maximum atomic E-state index is 12.6. The molecule has 152 valence electrons. The van der Waals surface area contributed by atoms with E-state index >= 15 is 0 Å². The van der Waals surface area contributed by atoms with Crippen LogP contribution in [0.25, 0.3) is 0 Å². The van der Waals surface area contributed by atoms with Gasteiger partial charge >= 0.3 is 0 Å². The summed E-state index contributed by atoms with van der Waals surface area (Å²) in [5.41, 5.74) is 3.58. The van der Waals surface area contributed by atoms with Gasteiger partial charge in [0.1, 0.15) is 5.75 Å². The van der Waals surface area contributed by atoms with E-state index < -0.39 is 0 Å². The SMILES string of the molecule is COc1ccc(CCC(=O)N2CCC(c3cc(CN(C)C)n(C)n3)CC2)cc1. The van der Waals surface area contributed by atoms with E-state index in [1.54, 1.807) is 7.11 Å². The van der Waals surface area contributed by atoms with Crippen molar-refractivity contribution in [2.24, 2.45) is 7.05 Å². The Bertz CT molecular complexity index is 774. The Morgan fingerprint density at radius 3 is 2.50 bits per heavy atom. The third kappa shape index (κ3) is 5.13. The zero-order valence-corrected chi connectivity index (χ0v) is 17.5. The van der Waals surface area contributed by atoms with Gasteiger partial charge in [-0.2, -0.15) is 5.10 Å². The number of benzene rings is 1. The van der Waals surface area contributed by atoms with Crippen molar-refractivity contribution in [1.29, 1.82) is 0 Å². The molecule has 1 fully saturated rings. The number of ether oxygens (including phenoxy) is 1. The average molecular weight is 385 g/mol. The molecule has 0 unspecified atom stereocenters. The zero-order valence-electron chi connectivity index (χ0n) is 17.5. The van der Waals surface area contributed by atoms with Crippen LogP contribution in [0, 0.1) is 0 Å². The summed E-state index contributed by atoms with van der Waals surface area (Å²) in [4.78, 5) is 16.8. The highest BCUT2D eigenvalue weighted by atomic mass is 16.5. The molecule has 6 heteroatoms. The standard InChI is InChI=1S/C22H32N4O2/c1-24(2)16-19-15-21(23-25(19)3)18-11-13-26(14-12-18)22(27)10-7-17-5-8-20(28-4)9-6-17/h5-6,8-9,15,18H,7,10-14,16H2,1-4H3. The molecule has 3 rings (SSSR count). The van der Waals surface area contributed by atoms with Gasteiger partial charge in [0.05, 0.1) is 18.5 Å². The van der Waals surface area contributed by atoms with Crippen molar-refractivity contribution in [3.05, 3.63) is 47.3 Å². The maximum Gasteiger partial charge on any atom is 0.222 e. The van der Waals surface area contributed by atoms with Gasteiger partial charge in [0.25, 0.3) is 0 Å². The Labute approximate surface area is 168 Å². The lowest BCUT2D eigenvalue weighted by Gasteiger charge is -2.31. The minimum Gasteiger partial charge on any atom is -0.497 e. The number of carbonyl (C=O) groups is 1. The zero-order chi connectivity index (χ0) is 20.1. The van der Waals surface area contributed by atoms with Gasteiger partial charge in [-0.15, -0.1) is 0 Å². The normalized spacial score (nSPS) is 15.2. The smallest absolute Gasteiger partial charge is 0.222 e. The van der Waals surface area contributed by atoms with Crippen molar-refractivity contribution in [3.8, 4) is 5.75 Å². The Balaban J connectivity index is 1.48.